The van der Waals surface area contributed by atoms with Gasteiger partial charge in [0, 0.05) is 25.3 Å². The monoisotopic (exact) mass is 490 g/mol. The van der Waals surface area contributed by atoms with Crippen LogP contribution in [0.3, 0.4) is 0 Å². The Bertz CT molecular complexity index is 1580. The molecule has 35 heavy (non-hydrogen) atoms. The van der Waals surface area contributed by atoms with Gasteiger partial charge in [-0.1, -0.05) is 48.5 Å². The molecule has 1 amide bonds. The molecule has 0 radical (unpaired) electrons. The summed E-state index contributed by atoms with van der Waals surface area (Å²) in [5, 5.41) is 3.21. The molecule has 0 aliphatic heterocycles. The molecule has 3 aromatic carbocycles. The van der Waals surface area contributed by atoms with E-state index in [1.807, 2.05) is 36.4 Å². The number of nitrogens with one attached hydrogen (secondary N) is 1. The average molecular weight is 491 g/mol. The third kappa shape index (κ3) is 4.60. The number of rotatable bonds is 6. The molecule has 0 saturated carbocycles. The van der Waals surface area contributed by atoms with E-state index in [1.165, 1.54) is 30.8 Å². The van der Waals surface area contributed by atoms with Crippen molar-refractivity contribution in [2.24, 2.45) is 0 Å². The Morgan fingerprint density at radius 2 is 1.66 bits per heavy atom. The summed E-state index contributed by atoms with van der Waals surface area (Å²) in [5.74, 6) is -0.0959. The van der Waals surface area contributed by atoms with Gasteiger partial charge in [0.1, 0.15) is 11.9 Å². The maximum absolute atomic E-state index is 13.5. The minimum absolute atomic E-state index is 0.0607. The minimum atomic E-state index is -3.68. The Morgan fingerprint density at radius 1 is 1.00 bits per heavy atom. The van der Waals surface area contributed by atoms with Crippen LogP contribution < -0.4 is 10.9 Å². The first-order chi connectivity index (χ1) is 16.6. The zero-order valence-electron chi connectivity index (χ0n) is 19.9. The van der Waals surface area contributed by atoms with Gasteiger partial charge < -0.3 is 5.32 Å². The molecule has 1 N–H and O–H groups in total. The third-order valence-electron chi connectivity index (χ3n) is 5.85. The first kappa shape index (κ1) is 24.3. The van der Waals surface area contributed by atoms with E-state index in [0.717, 1.165) is 4.31 Å². The van der Waals surface area contributed by atoms with Gasteiger partial charge in [-0.25, -0.2) is 17.7 Å². The molecule has 0 aliphatic rings. The van der Waals surface area contributed by atoms with Crippen molar-refractivity contribution in [3.63, 3.8) is 0 Å². The van der Waals surface area contributed by atoms with Gasteiger partial charge in [-0.15, -0.1) is 0 Å². The van der Waals surface area contributed by atoms with Crippen molar-refractivity contribution in [1.82, 2.24) is 13.9 Å². The zero-order valence-corrected chi connectivity index (χ0v) is 20.7. The van der Waals surface area contributed by atoms with Crippen LogP contribution in [0.4, 0.5) is 5.69 Å². The summed E-state index contributed by atoms with van der Waals surface area (Å²) in [4.78, 5) is 31.6. The number of nitrogens with zero attached hydrogens (tertiary/aromatic N) is 3. The number of aromatic nitrogens is 2. The fraction of sp³-hybridized carbons (Fsp3) is 0.192. The lowest BCUT2D eigenvalue weighted by Gasteiger charge is -2.21. The number of hydrogen-bond donors (Lipinski definition) is 1. The summed E-state index contributed by atoms with van der Waals surface area (Å²) < 4.78 is 27.6. The summed E-state index contributed by atoms with van der Waals surface area (Å²) in [5.41, 5.74) is 1.95. The third-order valence-corrected chi connectivity index (χ3v) is 7.66. The molecular formula is C26H26N4O4S. The van der Waals surface area contributed by atoms with Gasteiger partial charge in [0.15, 0.2) is 0 Å². The Kier molecular flexibility index (Phi) is 6.56. The van der Waals surface area contributed by atoms with E-state index in [4.69, 9.17) is 4.98 Å². The maximum atomic E-state index is 13.5. The molecule has 0 saturated heterocycles. The lowest BCUT2D eigenvalue weighted by molar-refractivity contribution is -0.118. The van der Waals surface area contributed by atoms with Gasteiger partial charge in [0.2, 0.25) is 15.9 Å². The lowest BCUT2D eigenvalue weighted by Crippen LogP contribution is -2.33. The van der Waals surface area contributed by atoms with E-state index in [0.29, 0.717) is 33.5 Å². The number of amides is 1. The normalized spacial score (nSPS) is 12.6. The van der Waals surface area contributed by atoms with Crippen LogP contribution >= 0.6 is 0 Å². The summed E-state index contributed by atoms with van der Waals surface area (Å²) in [6, 6.07) is 19.8. The van der Waals surface area contributed by atoms with Crippen LogP contribution in [0.15, 0.2) is 82.5 Å². The Morgan fingerprint density at radius 3 is 2.34 bits per heavy atom. The van der Waals surface area contributed by atoms with Crippen LogP contribution in [-0.2, 0) is 14.8 Å². The van der Waals surface area contributed by atoms with Crippen molar-refractivity contribution >= 4 is 32.5 Å². The number of benzene rings is 3. The van der Waals surface area contributed by atoms with Crippen molar-refractivity contribution in [1.29, 1.82) is 0 Å². The molecule has 0 spiro atoms. The predicted molar refractivity (Wildman–Crippen MR) is 137 cm³/mol. The second-order valence-corrected chi connectivity index (χ2v) is 10.6. The van der Waals surface area contributed by atoms with Gasteiger partial charge >= 0.3 is 0 Å². The largest absolute Gasteiger partial charge is 0.324 e. The Hall–Kier alpha value is -3.82. The SMILES string of the molecule is Cc1ccc(S(=O)(=O)N(C)C)cc1NC(=O)C(C)n1c(-c2ccccc2)nc2ccccc2c1=O. The number of carbonyl (C=O) groups excluding carboxylic acids is 1. The summed E-state index contributed by atoms with van der Waals surface area (Å²) in [6.07, 6.45) is 0. The van der Waals surface area contributed by atoms with Crippen LogP contribution in [-0.4, -0.2) is 42.3 Å². The fourth-order valence-electron chi connectivity index (χ4n) is 3.76. The number of hydrogen-bond acceptors (Lipinski definition) is 5. The lowest BCUT2D eigenvalue weighted by atomic mass is 10.1. The number of aryl methyl sites for hydroxylation is 1. The molecule has 180 valence electrons. The quantitative estimate of drug-likeness (QED) is 0.443. The molecule has 0 bridgehead atoms. The second-order valence-electron chi connectivity index (χ2n) is 8.42. The molecule has 1 heterocycles. The molecule has 4 aromatic rings. The minimum Gasteiger partial charge on any atom is -0.324 e. The molecule has 4 rings (SSSR count). The molecule has 8 nitrogen and oxygen atoms in total. The van der Waals surface area contributed by atoms with Crippen LogP contribution in [0.1, 0.15) is 18.5 Å². The number of para-hydroxylation sites is 1. The topological polar surface area (TPSA) is 101 Å². The smallest absolute Gasteiger partial charge is 0.262 e. The van der Waals surface area contributed by atoms with E-state index in [9.17, 15) is 18.0 Å². The van der Waals surface area contributed by atoms with Crippen LogP contribution in [0.2, 0.25) is 0 Å². The van der Waals surface area contributed by atoms with E-state index >= 15 is 0 Å². The first-order valence-corrected chi connectivity index (χ1v) is 12.5. The van der Waals surface area contributed by atoms with Crippen molar-refractivity contribution in [2.45, 2.75) is 24.8 Å². The van der Waals surface area contributed by atoms with Crippen LogP contribution in [0, 0.1) is 6.92 Å². The molecule has 9 heteroatoms. The van der Waals surface area contributed by atoms with E-state index < -0.39 is 22.0 Å². The zero-order chi connectivity index (χ0) is 25.3. The van der Waals surface area contributed by atoms with Crippen LogP contribution in [0.5, 0.6) is 0 Å². The predicted octanol–water partition coefficient (Wildman–Crippen LogP) is 3.82. The highest BCUT2D eigenvalue weighted by Crippen LogP contribution is 2.25. The summed E-state index contributed by atoms with van der Waals surface area (Å²) in [6.45, 7) is 3.39. The first-order valence-electron chi connectivity index (χ1n) is 11.0. The van der Waals surface area contributed by atoms with Crippen LogP contribution in [0.25, 0.3) is 22.3 Å². The Labute approximate surface area is 203 Å². The number of sulfonamides is 1. The average Bonchev–Trinajstić information content (AvgIpc) is 2.85. The molecular weight excluding hydrogens is 464 g/mol. The second kappa shape index (κ2) is 9.44. The highest BCUT2D eigenvalue weighted by Gasteiger charge is 2.24. The summed E-state index contributed by atoms with van der Waals surface area (Å²) in [7, 11) is -0.793. The Balaban J connectivity index is 1.79. The van der Waals surface area contributed by atoms with Crippen molar-refractivity contribution in [3.05, 3.63) is 88.7 Å². The number of anilines is 1. The molecule has 0 fully saturated rings. The van der Waals surface area contributed by atoms with E-state index in [1.54, 1.807) is 38.1 Å². The number of fused-ring (bicyclic) bond motifs is 1. The van der Waals surface area contributed by atoms with E-state index in [2.05, 4.69) is 5.32 Å². The van der Waals surface area contributed by atoms with Gasteiger partial charge in [0.25, 0.3) is 5.56 Å². The van der Waals surface area contributed by atoms with Crippen molar-refractivity contribution < 1.29 is 13.2 Å². The molecule has 1 aromatic heterocycles. The molecule has 0 aliphatic carbocycles. The van der Waals surface area contributed by atoms with Crippen molar-refractivity contribution in [2.75, 3.05) is 19.4 Å². The van der Waals surface area contributed by atoms with Crippen molar-refractivity contribution in [3.8, 4) is 11.4 Å². The fourth-order valence-corrected chi connectivity index (χ4v) is 4.69. The highest BCUT2D eigenvalue weighted by atomic mass is 32.2. The van der Waals surface area contributed by atoms with E-state index in [-0.39, 0.29) is 10.5 Å². The van der Waals surface area contributed by atoms with Gasteiger partial charge in [-0.05, 0) is 43.7 Å². The highest BCUT2D eigenvalue weighted by molar-refractivity contribution is 7.89. The molecule has 1 atom stereocenters. The number of carbonyl (C=O) groups is 1. The maximum Gasteiger partial charge on any atom is 0.262 e. The molecule has 1 unspecified atom stereocenters. The standard InChI is InChI=1S/C26H26N4O4S/c1-17-14-15-20(35(33,34)29(3)4)16-23(17)28-25(31)18(2)30-24(19-10-6-5-7-11-19)27-22-13-9-8-12-21(22)26(30)32/h5-16,18H,1-4H3,(H,28,31). The van der Waals surface area contributed by atoms with Gasteiger partial charge in [-0.2, -0.15) is 0 Å². The summed E-state index contributed by atoms with van der Waals surface area (Å²) >= 11 is 0. The van der Waals surface area contributed by atoms with Gasteiger partial charge in [-0.3, -0.25) is 14.2 Å². The van der Waals surface area contributed by atoms with Gasteiger partial charge in [0.05, 0.1) is 15.8 Å².